The first kappa shape index (κ1) is 14.9. The number of hydrogen-bond donors (Lipinski definition) is 3. The molecule has 0 heterocycles. The molecular formula is C11H23N3O2. The Balaban J connectivity index is 3.58. The van der Waals surface area contributed by atoms with Crippen molar-refractivity contribution in [3.8, 4) is 0 Å². The van der Waals surface area contributed by atoms with Crippen LogP contribution in [0, 0.1) is 0 Å². The van der Waals surface area contributed by atoms with Gasteiger partial charge in [0.1, 0.15) is 0 Å². The van der Waals surface area contributed by atoms with Crippen LogP contribution in [0.2, 0.25) is 0 Å². The summed E-state index contributed by atoms with van der Waals surface area (Å²) in [7, 11) is 0. The molecule has 0 spiro atoms. The third-order valence-electron chi connectivity index (χ3n) is 2.20. The zero-order chi connectivity index (χ0) is 12.6. The molecule has 0 aromatic carbocycles. The lowest BCUT2D eigenvalue weighted by Crippen LogP contribution is -2.36. The molecule has 4 N–H and O–H groups in total. The van der Waals surface area contributed by atoms with E-state index in [1.54, 1.807) is 6.92 Å². The van der Waals surface area contributed by atoms with Gasteiger partial charge in [-0.2, -0.15) is 0 Å². The lowest BCUT2D eigenvalue weighted by atomic mass is 10.2. The first-order chi connectivity index (χ1) is 7.45. The predicted octanol–water partition coefficient (Wildman–Crippen LogP) is 0.145. The zero-order valence-corrected chi connectivity index (χ0v) is 10.4. The second-order valence-electron chi connectivity index (χ2n) is 4.16. The molecule has 0 saturated carbocycles. The monoisotopic (exact) mass is 229 g/mol. The summed E-state index contributed by atoms with van der Waals surface area (Å²) in [5.74, 6) is -0.137. The molecule has 2 unspecified atom stereocenters. The fourth-order valence-electron chi connectivity index (χ4n) is 1.13. The minimum Gasteiger partial charge on any atom is -0.356 e. The van der Waals surface area contributed by atoms with Crippen LogP contribution in [0.1, 0.15) is 40.0 Å². The van der Waals surface area contributed by atoms with E-state index in [1.807, 2.05) is 13.8 Å². The highest BCUT2D eigenvalue weighted by Gasteiger charge is 2.07. The molecule has 0 rings (SSSR count). The first-order valence-electron chi connectivity index (χ1n) is 5.77. The second kappa shape index (κ2) is 8.10. The minimum absolute atomic E-state index is 0.0320. The van der Waals surface area contributed by atoms with E-state index in [4.69, 9.17) is 5.73 Å². The fourth-order valence-corrected chi connectivity index (χ4v) is 1.13. The van der Waals surface area contributed by atoms with Crippen LogP contribution in [-0.4, -0.2) is 30.4 Å². The second-order valence-corrected chi connectivity index (χ2v) is 4.16. The third kappa shape index (κ3) is 8.23. The van der Waals surface area contributed by atoms with Gasteiger partial charge in [0.15, 0.2) is 0 Å². The smallest absolute Gasteiger partial charge is 0.221 e. The van der Waals surface area contributed by atoms with Crippen LogP contribution in [0.3, 0.4) is 0 Å². The van der Waals surface area contributed by atoms with Crippen LogP contribution in [-0.2, 0) is 9.59 Å². The van der Waals surface area contributed by atoms with Crippen LogP contribution in [0.15, 0.2) is 0 Å². The Morgan fingerprint density at radius 2 is 1.88 bits per heavy atom. The highest BCUT2D eigenvalue weighted by atomic mass is 16.2. The molecule has 16 heavy (non-hydrogen) atoms. The number of nitrogens with one attached hydrogen (secondary N) is 2. The van der Waals surface area contributed by atoms with Gasteiger partial charge >= 0.3 is 0 Å². The van der Waals surface area contributed by atoms with Crippen molar-refractivity contribution in [2.24, 2.45) is 5.73 Å². The molecule has 0 aliphatic heterocycles. The largest absolute Gasteiger partial charge is 0.356 e. The molecule has 0 aromatic heterocycles. The Hall–Kier alpha value is -1.10. The van der Waals surface area contributed by atoms with Gasteiger partial charge in [-0.1, -0.05) is 6.92 Å². The van der Waals surface area contributed by atoms with Crippen molar-refractivity contribution in [2.75, 3.05) is 6.54 Å². The van der Waals surface area contributed by atoms with Crippen molar-refractivity contribution in [3.63, 3.8) is 0 Å². The Morgan fingerprint density at radius 1 is 1.25 bits per heavy atom. The number of carbonyl (C=O) groups is 2. The molecule has 0 fully saturated rings. The molecule has 0 aromatic rings. The summed E-state index contributed by atoms with van der Waals surface area (Å²) >= 11 is 0. The maximum absolute atomic E-state index is 11.3. The summed E-state index contributed by atoms with van der Waals surface area (Å²) in [5, 5.41) is 5.49. The average molecular weight is 229 g/mol. The first-order valence-corrected chi connectivity index (χ1v) is 5.77. The zero-order valence-electron chi connectivity index (χ0n) is 10.4. The molecule has 5 heteroatoms. The summed E-state index contributed by atoms with van der Waals surface area (Å²) in [4.78, 5) is 22.5. The lowest BCUT2D eigenvalue weighted by molar-refractivity contribution is -0.122. The number of rotatable bonds is 7. The van der Waals surface area contributed by atoms with E-state index in [0.717, 1.165) is 6.42 Å². The van der Waals surface area contributed by atoms with Crippen molar-refractivity contribution < 1.29 is 9.59 Å². The molecule has 5 nitrogen and oxygen atoms in total. The van der Waals surface area contributed by atoms with E-state index in [0.29, 0.717) is 19.4 Å². The van der Waals surface area contributed by atoms with E-state index in [2.05, 4.69) is 10.6 Å². The summed E-state index contributed by atoms with van der Waals surface area (Å²) in [5.41, 5.74) is 5.47. The van der Waals surface area contributed by atoms with Gasteiger partial charge in [0.2, 0.25) is 11.8 Å². The number of hydrogen-bond acceptors (Lipinski definition) is 3. The van der Waals surface area contributed by atoms with Crippen LogP contribution in [0.25, 0.3) is 0 Å². The summed E-state index contributed by atoms with van der Waals surface area (Å²) in [6.07, 6.45) is 1.52. The van der Waals surface area contributed by atoms with E-state index in [-0.39, 0.29) is 23.9 Å². The third-order valence-corrected chi connectivity index (χ3v) is 2.20. The van der Waals surface area contributed by atoms with E-state index in [9.17, 15) is 9.59 Å². The van der Waals surface area contributed by atoms with Gasteiger partial charge in [0.05, 0.1) is 0 Å². The van der Waals surface area contributed by atoms with Crippen LogP contribution < -0.4 is 16.4 Å². The molecule has 2 atom stereocenters. The highest BCUT2D eigenvalue weighted by molar-refractivity contribution is 5.79. The predicted molar refractivity (Wildman–Crippen MR) is 63.8 cm³/mol. The maximum atomic E-state index is 11.3. The molecule has 0 aliphatic rings. The Kier molecular flexibility index (Phi) is 7.54. The van der Waals surface area contributed by atoms with Crippen molar-refractivity contribution in [2.45, 2.75) is 52.1 Å². The molecule has 0 saturated heterocycles. The fraction of sp³-hybridized carbons (Fsp3) is 0.818. The summed E-state index contributed by atoms with van der Waals surface area (Å²) in [6.45, 7) is 6.10. The van der Waals surface area contributed by atoms with Gasteiger partial charge in [-0.3, -0.25) is 9.59 Å². The molecule has 0 aliphatic carbocycles. The normalized spacial score (nSPS) is 14.0. The van der Waals surface area contributed by atoms with Gasteiger partial charge in [0.25, 0.3) is 0 Å². The van der Waals surface area contributed by atoms with Crippen molar-refractivity contribution >= 4 is 11.8 Å². The standard InChI is InChI=1S/C11H23N3O2/c1-4-9(3)14-10(15)5-6-13-11(16)7-8(2)12/h8-9H,4-7,12H2,1-3H3,(H,13,16)(H,14,15). The van der Waals surface area contributed by atoms with Gasteiger partial charge in [-0.05, 0) is 20.3 Å². The van der Waals surface area contributed by atoms with Gasteiger partial charge < -0.3 is 16.4 Å². The number of amides is 2. The SMILES string of the molecule is CCC(C)NC(=O)CCNC(=O)CC(C)N. The van der Waals surface area contributed by atoms with E-state index in [1.165, 1.54) is 0 Å². The van der Waals surface area contributed by atoms with Gasteiger partial charge in [-0.15, -0.1) is 0 Å². The molecular weight excluding hydrogens is 206 g/mol. The van der Waals surface area contributed by atoms with E-state index >= 15 is 0 Å². The molecule has 0 bridgehead atoms. The number of nitrogens with two attached hydrogens (primary N) is 1. The lowest BCUT2D eigenvalue weighted by Gasteiger charge is -2.11. The Bertz CT molecular complexity index is 229. The molecule has 2 amide bonds. The Morgan fingerprint density at radius 3 is 2.38 bits per heavy atom. The van der Waals surface area contributed by atoms with E-state index < -0.39 is 0 Å². The van der Waals surface area contributed by atoms with Crippen molar-refractivity contribution in [1.82, 2.24) is 10.6 Å². The van der Waals surface area contributed by atoms with Crippen LogP contribution >= 0.6 is 0 Å². The van der Waals surface area contributed by atoms with Gasteiger partial charge in [-0.25, -0.2) is 0 Å². The maximum Gasteiger partial charge on any atom is 0.221 e. The highest BCUT2D eigenvalue weighted by Crippen LogP contribution is 1.90. The minimum atomic E-state index is -0.144. The number of carbonyl (C=O) groups excluding carboxylic acids is 2. The van der Waals surface area contributed by atoms with Crippen molar-refractivity contribution in [1.29, 1.82) is 0 Å². The quantitative estimate of drug-likeness (QED) is 0.581. The average Bonchev–Trinajstić information content (AvgIpc) is 2.16. The molecule has 0 radical (unpaired) electrons. The van der Waals surface area contributed by atoms with Crippen molar-refractivity contribution in [3.05, 3.63) is 0 Å². The van der Waals surface area contributed by atoms with Crippen LogP contribution in [0.4, 0.5) is 0 Å². The summed E-state index contributed by atoms with van der Waals surface area (Å²) in [6, 6.07) is 0.0428. The Labute approximate surface area is 97.2 Å². The summed E-state index contributed by atoms with van der Waals surface area (Å²) < 4.78 is 0. The van der Waals surface area contributed by atoms with Crippen LogP contribution in [0.5, 0.6) is 0 Å². The topological polar surface area (TPSA) is 84.2 Å². The van der Waals surface area contributed by atoms with Gasteiger partial charge in [0, 0.05) is 31.5 Å². The molecule has 94 valence electrons.